The van der Waals surface area contributed by atoms with Crippen LogP contribution in [0.5, 0.6) is 0 Å². The number of H-pyrrole nitrogens is 1. The van der Waals surface area contributed by atoms with Gasteiger partial charge in [0, 0.05) is 11.9 Å². The van der Waals surface area contributed by atoms with Gasteiger partial charge < -0.3 is 4.98 Å². The Morgan fingerprint density at radius 1 is 0.609 bits per heavy atom. The molecule has 0 radical (unpaired) electrons. The fraction of sp³-hybridized carbons (Fsp3) is 0.818. The zero-order valence-corrected chi connectivity index (χ0v) is 16.0. The molecule has 1 aromatic heterocycles. The summed E-state index contributed by atoms with van der Waals surface area (Å²) >= 11 is 0. The monoisotopic (exact) mass is 319 g/mol. The van der Waals surface area contributed by atoms with Crippen LogP contribution in [0.25, 0.3) is 0 Å². The summed E-state index contributed by atoms with van der Waals surface area (Å²) < 4.78 is 0. The molecule has 0 saturated carbocycles. The molecule has 0 amide bonds. The van der Waals surface area contributed by atoms with Gasteiger partial charge in [-0.15, -0.1) is 0 Å². The van der Waals surface area contributed by atoms with Gasteiger partial charge in [0.15, 0.2) is 0 Å². The van der Waals surface area contributed by atoms with Gasteiger partial charge in [0.2, 0.25) is 0 Å². The SMILES string of the molecule is CCCCCCCCCc1cc[nH]c1CCCCCCCCC. The summed E-state index contributed by atoms with van der Waals surface area (Å²) in [5.41, 5.74) is 3.11. The maximum Gasteiger partial charge on any atom is 0.0179 e. The number of aryl methyl sites for hydroxylation is 2. The van der Waals surface area contributed by atoms with E-state index in [1.165, 1.54) is 108 Å². The zero-order chi connectivity index (χ0) is 16.6. The highest BCUT2D eigenvalue weighted by atomic mass is 14.7. The van der Waals surface area contributed by atoms with Crippen LogP contribution in [0.4, 0.5) is 0 Å². The third-order valence-electron chi connectivity index (χ3n) is 5.01. The van der Waals surface area contributed by atoms with E-state index in [2.05, 4.69) is 31.1 Å². The number of hydrogen-bond donors (Lipinski definition) is 1. The van der Waals surface area contributed by atoms with Gasteiger partial charge in [0.05, 0.1) is 0 Å². The molecule has 0 aromatic carbocycles. The topological polar surface area (TPSA) is 15.8 Å². The largest absolute Gasteiger partial charge is 0.365 e. The van der Waals surface area contributed by atoms with Crippen molar-refractivity contribution in [3.05, 3.63) is 23.5 Å². The van der Waals surface area contributed by atoms with Crippen molar-refractivity contribution in [3.8, 4) is 0 Å². The van der Waals surface area contributed by atoms with E-state index in [0.29, 0.717) is 0 Å². The molecule has 1 aromatic rings. The summed E-state index contributed by atoms with van der Waals surface area (Å²) in [4.78, 5) is 3.49. The van der Waals surface area contributed by atoms with Gasteiger partial charge in [-0.3, -0.25) is 0 Å². The Hall–Kier alpha value is -0.720. The van der Waals surface area contributed by atoms with Crippen molar-refractivity contribution in [2.75, 3.05) is 0 Å². The van der Waals surface area contributed by atoms with E-state index < -0.39 is 0 Å². The van der Waals surface area contributed by atoms with Crippen LogP contribution in [0.2, 0.25) is 0 Å². The summed E-state index contributed by atoms with van der Waals surface area (Å²) in [6.45, 7) is 4.58. The van der Waals surface area contributed by atoms with Crippen LogP contribution in [-0.4, -0.2) is 4.98 Å². The first-order valence-corrected chi connectivity index (χ1v) is 10.5. The normalized spacial score (nSPS) is 11.2. The smallest absolute Gasteiger partial charge is 0.0179 e. The number of aromatic amines is 1. The Morgan fingerprint density at radius 3 is 1.65 bits per heavy atom. The first kappa shape index (κ1) is 20.3. The first-order valence-electron chi connectivity index (χ1n) is 10.5. The van der Waals surface area contributed by atoms with E-state index in [9.17, 15) is 0 Å². The van der Waals surface area contributed by atoms with Crippen LogP contribution < -0.4 is 0 Å². The number of unbranched alkanes of at least 4 members (excludes halogenated alkanes) is 12. The number of nitrogens with one attached hydrogen (secondary N) is 1. The van der Waals surface area contributed by atoms with E-state index >= 15 is 0 Å². The summed E-state index contributed by atoms with van der Waals surface area (Å²) in [5.74, 6) is 0. The lowest BCUT2D eigenvalue weighted by Crippen LogP contribution is -1.93. The maximum atomic E-state index is 3.49. The first-order chi connectivity index (χ1) is 11.4. The molecule has 1 heterocycles. The predicted molar refractivity (Wildman–Crippen MR) is 104 cm³/mol. The van der Waals surface area contributed by atoms with Gasteiger partial charge in [0.1, 0.15) is 0 Å². The molecule has 1 N–H and O–H groups in total. The molecule has 1 heteroatoms. The van der Waals surface area contributed by atoms with Gasteiger partial charge in [-0.2, -0.15) is 0 Å². The van der Waals surface area contributed by atoms with Crippen LogP contribution in [0.1, 0.15) is 115 Å². The predicted octanol–water partition coefficient (Wildman–Crippen LogP) is 7.60. The zero-order valence-electron chi connectivity index (χ0n) is 16.0. The Balaban J connectivity index is 2.04. The van der Waals surface area contributed by atoms with Gasteiger partial charge >= 0.3 is 0 Å². The van der Waals surface area contributed by atoms with Crippen LogP contribution in [-0.2, 0) is 12.8 Å². The van der Waals surface area contributed by atoms with E-state index in [1.807, 2.05) is 0 Å². The second-order valence-corrected chi connectivity index (χ2v) is 7.22. The fourth-order valence-corrected chi connectivity index (χ4v) is 3.43. The van der Waals surface area contributed by atoms with Crippen LogP contribution in [0, 0.1) is 0 Å². The van der Waals surface area contributed by atoms with E-state index in [0.717, 1.165) is 0 Å². The second kappa shape index (κ2) is 14.8. The molecular formula is C22H41N. The molecule has 1 nitrogen and oxygen atoms in total. The molecule has 0 atom stereocenters. The summed E-state index contributed by atoms with van der Waals surface area (Å²) in [7, 11) is 0. The molecule has 0 aliphatic rings. The third-order valence-corrected chi connectivity index (χ3v) is 5.01. The van der Waals surface area contributed by atoms with Crippen molar-refractivity contribution < 1.29 is 0 Å². The number of aromatic nitrogens is 1. The average Bonchev–Trinajstić information content (AvgIpc) is 3.00. The number of rotatable bonds is 16. The van der Waals surface area contributed by atoms with Crippen molar-refractivity contribution in [2.45, 2.75) is 117 Å². The lowest BCUT2D eigenvalue weighted by Gasteiger charge is -2.05. The van der Waals surface area contributed by atoms with Crippen molar-refractivity contribution >= 4 is 0 Å². The molecule has 0 unspecified atom stereocenters. The summed E-state index contributed by atoms with van der Waals surface area (Å²) in [5, 5.41) is 0. The van der Waals surface area contributed by atoms with E-state index in [1.54, 1.807) is 5.56 Å². The Bertz CT molecular complexity index is 320. The van der Waals surface area contributed by atoms with Crippen LogP contribution in [0.15, 0.2) is 12.3 Å². The number of hydrogen-bond acceptors (Lipinski definition) is 0. The molecule has 0 bridgehead atoms. The molecular weight excluding hydrogens is 278 g/mol. The minimum atomic E-state index is 1.26. The minimum Gasteiger partial charge on any atom is -0.365 e. The third kappa shape index (κ3) is 10.6. The molecule has 0 spiro atoms. The van der Waals surface area contributed by atoms with Crippen molar-refractivity contribution in [1.29, 1.82) is 0 Å². The van der Waals surface area contributed by atoms with Gasteiger partial charge in [0.25, 0.3) is 0 Å². The maximum absolute atomic E-state index is 3.49. The highest BCUT2D eigenvalue weighted by molar-refractivity contribution is 5.20. The molecule has 0 aliphatic carbocycles. The van der Waals surface area contributed by atoms with Crippen LogP contribution >= 0.6 is 0 Å². The molecule has 23 heavy (non-hydrogen) atoms. The highest BCUT2D eigenvalue weighted by Crippen LogP contribution is 2.16. The van der Waals surface area contributed by atoms with Gasteiger partial charge in [-0.05, 0) is 37.3 Å². The summed E-state index contributed by atoms with van der Waals surface area (Å²) in [6, 6.07) is 2.31. The quantitative estimate of drug-likeness (QED) is 0.302. The Labute approximate surface area is 145 Å². The molecule has 1 rings (SSSR count). The Morgan fingerprint density at radius 2 is 1.09 bits per heavy atom. The molecule has 0 aliphatic heterocycles. The lowest BCUT2D eigenvalue weighted by molar-refractivity contribution is 0.582. The molecule has 0 fully saturated rings. The van der Waals surface area contributed by atoms with Gasteiger partial charge in [-0.25, -0.2) is 0 Å². The van der Waals surface area contributed by atoms with Crippen LogP contribution in [0.3, 0.4) is 0 Å². The second-order valence-electron chi connectivity index (χ2n) is 7.22. The lowest BCUT2D eigenvalue weighted by atomic mass is 10.0. The fourth-order valence-electron chi connectivity index (χ4n) is 3.43. The standard InChI is InChI=1S/C22H41N/c1-3-5-7-9-11-13-15-17-21-19-20-23-22(21)18-16-14-12-10-8-6-4-2/h19-20,23H,3-18H2,1-2H3. The molecule has 0 saturated heterocycles. The van der Waals surface area contributed by atoms with Crippen molar-refractivity contribution in [1.82, 2.24) is 4.98 Å². The van der Waals surface area contributed by atoms with E-state index in [-0.39, 0.29) is 0 Å². The highest BCUT2D eigenvalue weighted by Gasteiger charge is 2.03. The summed E-state index contributed by atoms with van der Waals surface area (Å²) in [6.07, 6.45) is 24.3. The van der Waals surface area contributed by atoms with Crippen molar-refractivity contribution in [3.63, 3.8) is 0 Å². The van der Waals surface area contributed by atoms with E-state index in [4.69, 9.17) is 0 Å². The molecule has 134 valence electrons. The van der Waals surface area contributed by atoms with Crippen molar-refractivity contribution in [2.24, 2.45) is 0 Å². The minimum absolute atomic E-state index is 1.26. The Kier molecular flexibility index (Phi) is 13.1. The van der Waals surface area contributed by atoms with Gasteiger partial charge in [-0.1, -0.05) is 90.9 Å². The average molecular weight is 320 g/mol.